The smallest absolute Gasteiger partial charge is 0.194 e. The summed E-state index contributed by atoms with van der Waals surface area (Å²) in [7, 11) is 4.17. The van der Waals surface area contributed by atoms with Crippen LogP contribution in [0.4, 0.5) is 0 Å². The minimum absolute atomic E-state index is 0. The van der Waals surface area contributed by atoms with Crippen molar-refractivity contribution in [3.8, 4) is 0 Å². The standard InChI is InChI=1S/C17H27ClN4O.HI/c1-4-19-17(20-11-16-13-21(2)9-10-23-16)22(3)12-14-5-7-15(18)8-6-14;/h5-8,16H,4,9-13H2,1-3H3,(H,19,20);1H. The first-order chi connectivity index (χ1) is 11.1. The third-order valence-electron chi connectivity index (χ3n) is 3.82. The predicted octanol–water partition coefficient (Wildman–Crippen LogP) is 2.69. The molecule has 1 aliphatic heterocycles. The molecule has 1 N–H and O–H groups in total. The number of morpholine rings is 1. The minimum atomic E-state index is 0. The number of hydrogen-bond acceptors (Lipinski definition) is 3. The van der Waals surface area contributed by atoms with E-state index in [1.807, 2.05) is 31.3 Å². The molecule has 7 heteroatoms. The van der Waals surface area contributed by atoms with Crippen molar-refractivity contribution < 1.29 is 4.74 Å². The Kier molecular flexibility index (Phi) is 9.95. The first-order valence-corrected chi connectivity index (χ1v) is 8.50. The summed E-state index contributed by atoms with van der Waals surface area (Å²) >= 11 is 5.94. The Labute approximate surface area is 167 Å². The van der Waals surface area contributed by atoms with E-state index < -0.39 is 0 Å². The quantitative estimate of drug-likeness (QED) is 0.411. The number of halogens is 2. The Morgan fingerprint density at radius 1 is 1.42 bits per heavy atom. The van der Waals surface area contributed by atoms with Crippen molar-refractivity contribution >= 4 is 41.5 Å². The van der Waals surface area contributed by atoms with E-state index in [0.717, 1.165) is 43.8 Å². The third kappa shape index (κ3) is 7.13. The van der Waals surface area contributed by atoms with Gasteiger partial charge in [0.1, 0.15) is 0 Å². The number of likely N-dealkylation sites (N-methyl/N-ethyl adjacent to an activating group) is 1. The van der Waals surface area contributed by atoms with Crippen LogP contribution < -0.4 is 5.32 Å². The molecule has 0 aliphatic carbocycles. The van der Waals surface area contributed by atoms with Crippen LogP contribution in [0.3, 0.4) is 0 Å². The van der Waals surface area contributed by atoms with Gasteiger partial charge in [-0.3, -0.25) is 4.99 Å². The van der Waals surface area contributed by atoms with Gasteiger partial charge in [0.25, 0.3) is 0 Å². The SMILES string of the molecule is CCNC(=NCC1CN(C)CCO1)N(C)Cc1ccc(Cl)cc1.I. The van der Waals surface area contributed by atoms with Crippen molar-refractivity contribution in [1.82, 2.24) is 15.1 Å². The van der Waals surface area contributed by atoms with Gasteiger partial charge in [-0.15, -0.1) is 24.0 Å². The van der Waals surface area contributed by atoms with Gasteiger partial charge >= 0.3 is 0 Å². The first-order valence-electron chi connectivity index (χ1n) is 8.12. The van der Waals surface area contributed by atoms with Crippen molar-refractivity contribution in [3.63, 3.8) is 0 Å². The summed E-state index contributed by atoms with van der Waals surface area (Å²) in [4.78, 5) is 9.15. The molecule has 1 atom stereocenters. The summed E-state index contributed by atoms with van der Waals surface area (Å²) in [6, 6.07) is 7.92. The van der Waals surface area contributed by atoms with E-state index in [1.165, 1.54) is 5.56 Å². The zero-order valence-electron chi connectivity index (χ0n) is 14.7. The molecule has 5 nitrogen and oxygen atoms in total. The maximum atomic E-state index is 5.94. The number of guanidine groups is 1. The highest BCUT2D eigenvalue weighted by molar-refractivity contribution is 14.0. The van der Waals surface area contributed by atoms with Crippen molar-refractivity contribution in [1.29, 1.82) is 0 Å². The van der Waals surface area contributed by atoms with Crippen LogP contribution in [0, 0.1) is 0 Å². The maximum absolute atomic E-state index is 5.94. The lowest BCUT2D eigenvalue weighted by Gasteiger charge is -2.29. The van der Waals surface area contributed by atoms with Gasteiger partial charge in [0, 0.05) is 38.2 Å². The molecule has 2 rings (SSSR count). The fraction of sp³-hybridized carbons (Fsp3) is 0.588. The van der Waals surface area contributed by atoms with Crippen LogP contribution in [-0.4, -0.2) is 68.7 Å². The van der Waals surface area contributed by atoms with Crippen molar-refractivity contribution in [3.05, 3.63) is 34.9 Å². The van der Waals surface area contributed by atoms with Crippen LogP contribution in [0.2, 0.25) is 5.02 Å². The van der Waals surface area contributed by atoms with E-state index in [1.54, 1.807) is 0 Å². The van der Waals surface area contributed by atoms with Crippen molar-refractivity contribution in [2.24, 2.45) is 4.99 Å². The lowest BCUT2D eigenvalue weighted by Crippen LogP contribution is -2.43. The second kappa shape index (κ2) is 11.1. The Balaban J connectivity index is 0.00000288. The molecule has 1 saturated heterocycles. The van der Waals surface area contributed by atoms with E-state index in [4.69, 9.17) is 21.3 Å². The average molecular weight is 467 g/mol. The molecule has 1 unspecified atom stereocenters. The van der Waals surface area contributed by atoms with Gasteiger partial charge in [-0.2, -0.15) is 0 Å². The summed E-state index contributed by atoms with van der Waals surface area (Å²) in [6.45, 7) is 7.10. The molecule has 0 amide bonds. The minimum Gasteiger partial charge on any atom is -0.374 e. The summed E-state index contributed by atoms with van der Waals surface area (Å²) in [5, 5.41) is 4.11. The van der Waals surface area contributed by atoms with Gasteiger partial charge in [-0.25, -0.2) is 0 Å². The maximum Gasteiger partial charge on any atom is 0.194 e. The van der Waals surface area contributed by atoms with Crippen molar-refractivity contribution in [2.75, 3.05) is 46.9 Å². The predicted molar refractivity (Wildman–Crippen MR) is 112 cm³/mol. The zero-order chi connectivity index (χ0) is 16.7. The summed E-state index contributed by atoms with van der Waals surface area (Å²) in [5.74, 6) is 0.902. The molecule has 1 aromatic carbocycles. The van der Waals surface area contributed by atoms with Gasteiger partial charge in [0.2, 0.25) is 0 Å². The van der Waals surface area contributed by atoms with E-state index >= 15 is 0 Å². The second-order valence-corrected chi connectivity index (χ2v) is 6.37. The molecular formula is C17H28ClIN4O. The van der Waals surface area contributed by atoms with Crippen LogP contribution >= 0.6 is 35.6 Å². The lowest BCUT2D eigenvalue weighted by atomic mass is 10.2. The zero-order valence-corrected chi connectivity index (χ0v) is 17.8. The van der Waals surface area contributed by atoms with Crippen LogP contribution in [0.5, 0.6) is 0 Å². The Morgan fingerprint density at radius 2 is 2.12 bits per heavy atom. The highest BCUT2D eigenvalue weighted by Gasteiger charge is 2.17. The molecule has 1 aliphatic rings. The average Bonchev–Trinajstić information content (AvgIpc) is 2.53. The Bertz CT molecular complexity index is 512. The normalized spacial score (nSPS) is 18.8. The van der Waals surface area contributed by atoms with Crippen LogP contribution in [0.15, 0.2) is 29.3 Å². The summed E-state index contributed by atoms with van der Waals surface area (Å²) < 4.78 is 5.78. The molecule has 1 fully saturated rings. The number of hydrogen-bond donors (Lipinski definition) is 1. The van der Waals surface area contributed by atoms with E-state index in [-0.39, 0.29) is 30.1 Å². The van der Waals surface area contributed by atoms with Crippen LogP contribution in [-0.2, 0) is 11.3 Å². The van der Waals surface area contributed by atoms with E-state index in [9.17, 15) is 0 Å². The first kappa shape index (κ1) is 21.5. The third-order valence-corrected chi connectivity index (χ3v) is 4.07. The van der Waals surface area contributed by atoms with Crippen LogP contribution in [0.1, 0.15) is 12.5 Å². The number of nitrogens with zero attached hydrogens (tertiary/aromatic N) is 3. The van der Waals surface area contributed by atoms with Gasteiger partial charge in [0.15, 0.2) is 5.96 Å². The highest BCUT2D eigenvalue weighted by atomic mass is 127. The van der Waals surface area contributed by atoms with Gasteiger partial charge in [0.05, 0.1) is 19.3 Å². The monoisotopic (exact) mass is 466 g/mol. The molecule has 136 valence electrons. The Hall–Kier alpha value is -0.570. The number of aliphatic imine (C=N–C) groups is 1. The van der Waals surface area contributed by atoms with Gasteiger partial charge in [-0.1, -0.05) is 23.7 Å². The van der Waals surface area contributed by atoms with Crippen molar-refractivity contribution in [2.45, 2.75) is 19.6 Å². The molecule has 0 aromatic heterocycles. The largest absolute Gasteiger partial charge is 0.374 e. The molecular weight excluding hydrogens is 439 g/mol. The molecule has 0 bridgehead atoms. The van der Waals surface area contributed by atoms with Crippen LogP contribution in [0.25, 0.3) is 0 Å². The van der Waals surface area contributed by atoms with Gasteiger partial charge in [-0.05, 0) is 31.7 Å². The Morgan fingerprint density at radius 3 is 2.75 bits per heavy atom. The number of benzene rings is 1. The fourth-order valence-electron chi connectivity index (χ4n) is 2.57. The molecule has 1 heterocycles. The number of rotatable bonds is 5. The van der Waals surface area contributed by atoms with E-state index in [2.05, 4.69) is 29.1 Å². The molecule has 0 saturated carbocycles. The molecule has 0 radical (unpaired) electrons. The number of ether oxygens (including phenoxy) is 1. The number of nitrogens with one attached hydrogen (secondary N) is 1. The van der Waals surface area contributed by atoms with Gasteiger partial charge < -0.3 is 19.9 Å². The molecule has 0 spiro atoms. The van der Waals surface area contributed by atoms with E-state index in [0.29, 0.717) is 6.54 Å². The summed E-state index contributed by atoms with van der Waals surface area (Å²) in [5.41, 5.74) is 1.20. The second-order valence-electron chi connectivity index (χ2n) is 5.93. The fourth-order valence-corrected chi connectivity index (χ4v) is 2.70. The topological polar surface area (TPSA) is 40.1 Å². The molecule has 1 aromatic rings. The lowest BCUT2D eigenvalue weighted by molar-refractivity contribution is -0.0137. The highest BCUT2D eigenvalue weighted by Crippen LogP contribution is 2.11. The molecule has 24 heavy (non-hydrogen) atoms. The summed E-state index contributed by atoms with van der Waals surface area (Å²) in [6.07, 6.45) is 0.173.